The van der Waals surface area contributed by atoms with Crippen molar-refractivity contribution in [3.8, 4) is 0 Å². The molecule has 31 heavy (non-hydrogen) atoms. The van der Waals surface area contributed by atoms with Crippen molar-refractivity contribution in [3.63, 3.8) is 0 Å². The zero-order chi connectivity index (χ0) is 26.2. The molecular formula is C29H58N2. The summed E-state index contributed by atoms with van der Waals surface area (Å²) in [6.07, 6.45) is 3.18. The van der Waals surface area contributed by atoms with Crippen LogP contribution in [0.3, 0.4) is 0 Å². The van der Waals surface area contributed by atoms with Crippen LogP contribution in [0.25, 0.3) is 0 Å². The van der Waals surface area contributed by atoms with E-state index in [1.165, 1.54) is 16.8 Å². The lowest BCUT2D eigenvalue weighted by molar-refractivity contribution is 0.936. The summed E-state index contributed by atoms with van der Waals surface area (Å²) < 4.78 is 0. The van der Waals surface area contributed by atoms with Gasteiger partial charge in [0.05, 0.1) is 0 Å². The fraction of sp³-hybridized carbons (Fsp3) is 0.655. The van der Waals surface area contributed by atoms with Gasteiger partial charge >= 0.3 is 0 Å². The largest absolute Gasteiger partial charge is 0.258 e. The van der Waals surface area contributed by atoms with Crippen LogP contribution in [-0.4, -0.2) is 11.4 Å². The Morgan fingerprint density at radius 1 is 0.613 bits per heavy atom. The minimum atomic E-state index is 0.993. The van der Waals surface area contributed by atoms with Gasteiger partial charge < -0.3 is 0 Å². The van der Waals surface area contributed by atoms with Gasteiger partial charge in [0.1, 0.15) is 0 Å². The molecule has 0 aliphatic heterocycles. The molecule has 0 aromatic rings. The van der Waals surface area contributed by atoms with Crippen molar-refractivity contribution in [1.82, 2.24) is 0 Å². The lowest BCUT2D eigenvalue weighted by Crippen LogP contribution is -1.96. The molecule has 184 valence electrons. The zero-order valence-electron chi connectivity index (χ0n) is 24.4. The first-order chi connectivity index (χ1) is 14.5. The van der Waals surface area contributed by atoms with E-state index in [0.717, 1.165) is 47.5 Å². The number of nitrogens with zero attached hydrogens (tertiary/aromatic N) is 2. The first-order valence-corrected chi connectivity index (χ1v) is 12.2. The molecule has 0 amide bonds. The third kappa shape index (κ3) is 26.3. The van der Waals surface area contributed by atoms with Crippen LogP contribution in [0.4, 0.5) is 0 Å². The Kier molecular flexibility index (Phi) is 36.3. The van der Waals surface area contributed by atoms with Crippen LogP contribution < -0.4 is 0 Å². The molecule has 0 rings (SSSR count). The van der Waals surface area contributed by atoms with Crippen molar-refractivity contribution in [2.75, 3.05) is 0 Å². The minimum absolute atomic E-state index is 0.993. The summed E-state index contributed by atoms with van der Waals surface area (Å²) in [5.41, 5.74) is 9.14. The van der Waals surface area contributed by atoms with Crippen LogP contribution in [0.2, 0.25) is 0 Å². The topological polar surface area (TPSA) is 24.7 Å². The van der Waals surface area contributed by atoms with Crippen LogP contribution in [0.5, 0.6) is 0 Å². The molecule has 2 heteroatoms. The Labute approximate surface area is 198 Å². The molecule has 0 N–H and O–H groups in total. The van der Waals surface area contributed by atoms with Crippen molar-refractivity contribution in [2.24, 2.45) is 9.98 Å². The average Bonchev–Trinajstić information content (AvgIpc) is 2.76. The summed E-state index contributed by atoms with van der Waals surface area (Å²) in [6.45, 7) is 40.5. The van der Waals surface area contributed by atoms with Gasteiger partial charge in [0, 0.05) is 22.8 Å². The van der Waals surface area contributed by atoms with E-state index in [0.29, 0.717) is 0 Å². The Morgan fingerprint density at radius 3 is 1.29 bits per heavy atom. The maximum atomic E-state index is 4.49. The van der Waals surface area contributed by atoms with Crippen molar-refractivity contribution in [1.29, 1.82) is 0 Å². The molecule has 2 nitrogen and oxygen atoms in total. The number of aliphatic imine (C=N–C) groups is 2. The number of hydrogen-bond donors (Lipinski definition) is 0. The van der Waals surface area contributed by atoms with Crippen molar-refractivity contribution in [3.05, 3.63) is 46.8 Å². The molecule has 0 saturated carbocycles. The molecule has 0 fully saturated rings. The smallest absolute Gasteiger partial charge is 0.0401 e. The van der Waals surface area contributed by atoms with Gasteiger partial charge in [-0.2, -0.15) is 0 Å². The summed E-state index contributed by atoms with van der Waals surface area (Å²) in [5, 5.41) is 0. The molecule has 0 aromatic heterocycles. The van der Waals surface area contributed by atoms with E-state index in [1.54, 1.807) is 0 Å². The SMILES string of the molecule is C=C(C)C(C)=NC(CC)=C(C)C.C=C(CCC)C(C)=NC(C)=C(C)C.CC.CC.CC. The van der Waals surface area contributed by atoms with Gasteiger partial charge in [0.2, 0.25) is 0 Å². The average molecular weight is 435 g/mol. The van der Waals surface area contributed by atoms with Crippen LogP contribution in [0.15, 0.2) is 56.8 Å². The van der Waals surface area contributed by atoms with Gasteiger partial charge in [-0.15, -0.1) is 0 Å². The molecule has 0 saturated heterocycles. The Bertz CT molecular complexity index is 574. The molecule has 0 atom stereocenters. The number of rotatable bonds is 7. The van der Waals surface area contributed by atoms with E-state index in [2.05, 4.69) is 64.7 Å². The molecular weight excluding hydrogens is 376 g/mol. The molecule has 0 aliphatic rings. The number of allylic oxidation sites excluding steroid dienone is 6. The van der Waals surface area contributed by atoms with Gasteiger partial charge in [-0.3, -0.25) is 9.98 Å². The van der Waals surface area contributed by atoms with Gasteiger partial charge in [-0.1, -0.05) is 86.1 Å². The first kappa shape index (κ1) is 39.7. The molecule has 0 aliphatic carbocycles. The van der Waals surface area contributed by atoms with E-state index < -0.39 is 0 Å². The maximum Gasteiger partial charge on any atom is 0.0401 e. The minimum Gasteiger partial charge on any atom is -0.258 e. The van der Waals surface area contributed by atoms with Crippen molar-refractivity contribution in [2.45, 2.75) is 130 Å². The summed E-state index contributed by atoms with van der Waals surface area (Å²) in [5.74, 6) is 0. The second kappa shape index (κ2) is 28.3. The fourth-order valence-electron chi connectivity index (χ4n) is 1.77. The highest BCUT2D eigenvalue weighted by atomic mass is 14.8. The molecule has 0 bridgehead atoms. The molecule has 0 heterocycles. The van der Waals surface area contributed by atoms with E-state index >= 15 is 0 Å². The van der Waals surface area contributed by atoms with E-state index in [-0.39, 0.29) is 0 Å². The summed E-state index contributed by atoms with van der Waals surface area (Å²) >= 11 is 0. The summed E-state index contributed by atoms with van der Waals surface area (Å²) in [4.78, 5) is 8.98. The van der Waals surface area contributed by atoms with E-state index in [1.807, 2.05) is 69.2 Å². The van der Waals surface area contributed by atoms with Crippen LogP contribution >= 0.6 is 0 Å². The first-order valence-electron chi connectivity index (χ1n) is 12.2. The molecule has 0 radical (unpaired) electrons. The van der Waals surface area contributed by atoms with E-state index in [4.69, 9.17) is 0 Å². The Balaban J connectivity index is -0.000000117. The quantitative estimate of drug-likeness (QED) is 0.356. The highest BCUT2D eigenvalue weighted by Crippen LogP contribution is 2.11. The summed E-state index contributed by atoms with van der Waals surface area (Å²) in [6, 6.07) is 0. The molecule has 0 spiro atoms. The monoisotopic (exact) mass is 434 g/mol. The highest BCUT2D eigenvalue weighted by molar-refractivity contribution is 5.98. The number of hydrogen-bond acceptors (Lipinski definition) is 2. The molecule has 0 unspecified atom stereocenters. The Hall–Kier alpha value is -1.70. The standard InChI is InChI=1S/C12H21N.C11H19N.3C2H6/c1-7-8-10(4)12(6)13-11(5)9(2)3;1-7-11(9(4)5)12-10(6)8(2)3;3*1-2/h4,7-8H2,1-3,5-6H3;2,7H2,1,3-6H3;3*1-2H3. The second-order valence-electron chi connectivity index (χ2n) is 6.91. The van der Waals surface area contributed by atoms with Gasteiger partial charge in [-0.05, 0) is 79.4 Å². The van der Waals surface area contributed by atoms with Gasteiger partial charge in [0.15, 0.2) is 0 Å². The normalized spacial score (nSPS) is 9.68. The lowest BCUT2D eigenvalue weighted by Gasteiger charge is -2.04. The predicted molar refractivity (Wildman–Crippen MR) is 152 cm³/mol. The van der Waals surface area contributed by atoms with Crippen LogP contribution in [0.1, 0.15) is 130 Å². The predicted octanol–water partition coefficient (Wildman–Crippen LogP) is 10.9. The fourth-order valence-corrected chi connectivity index (χ4v) is 1.77. The molecule has 0 aromatic carbocycles. The van der Waals surface area contributed by atoms with E-state index in [9.17, 15) is 0 Å². The van der Waals surface area contributed by atoms with Gasteiger partial charge in [0.25, 0.3) is 0 Å². The highest BCUT2D eigenvalue weighted by Gasteiger charge is 1.98. The third-order valence-corrected chi connectivity index (χ3v) is 3.95. The Morgan fingerprint density at radius 2 is 1.03 bits per heavy atom. The van der Waals surface area contributed by atoms with Gasteiger partial charge in [-0.25, -0.2) is 0 Å². The second-order valence-corrected chi connectivity index (χ2v) is 6.91. The maximum absolute atomic E-state index is 4.49. The summed E-state index contributed by atoms with van der Waals surface area (Å²) in [7, 11) is 0. The van der Waals surface area contributed by atoms with Crippen LogP contribution in [-0.2, 0) is 0 Å². The van der Waals surface area contributed by atoms with Crippen LogP contribution in [0, 0.1) is 0 Å². The third-order valence-electron chi connectivity index (χ3n) is 3.95. The van der Waals surface area contributed by atoms with Crippen molar-refractivity contribution < 1.29 is 0 Å². The van der Waals surface area contributed by atoms with Crippen molar-refractivity contribution >= 4 is 11.4 Å². The zero-order valence-corrected chi connectivity index (χ0v) is 24.4. The lowest BCUT2D eigenvalue weighted by atomic mass is 10.1.